The molecule has 2 heterocycles. The molecule has 0 N–H and O–H groups in total. The average molecular weight is 301 g/mol. The zero-order valence-corrected chi connectivity index (χ0v) is 13.8. The summed E-state index contributed by atoms with van der Waals surface area (Å²) in [5, 5.41) is 0. The zero-order chi connectivity index (χ0) is 15.5. The van der Waals surface area contributed by atoms with Gasteiger partial charge in [-0.1, -0.05) is 25.7 Å². The molecule has 1 saturated heterocycles. The topological polar surface area (TPSA) is 46.1 Å². The van der Waals surface area contributed by atoms with Gasteiger partial charge in [0.05, 0.1) is 0 Å². The SMILES string of the molecule is Cc1cc(C)nc(C2CCN(C(=O)CCC3CCCC3)C2)n1. The molecule has 2 aliphatic rings. The first-order valence-electron chi connectivity index (χ1n) is 8.72. The Kier molecular flexibility index (Phi) is 4.74. The van der Waals surface area contributed by atoms with E-state index in [1.54, 1.807) is 0 Å². The fraction of sp³-hybridized carbons (Fsp3) is 0.722. The number of rotatable bonds is 4. The Labute approximate surface area is 133 Å². The lowest BCUT2D eigenvalue weighted by Crippen LogP contribution is -2.28. The molecule has 22 heavy (non-hydrogen) atoms. The number of hydrogen-bond acceptors (Lipinski definition) is 3. The van der Waals surface area contributed by atoms with Crippen LogP contribution in [0.3, 0.4) is 0 Å². The molecule has 1 aromatic heterocycles. The average Bonchev–Trinajstić information content (AvgIpc) is 3.15. The lowest BCUT2D eigenvalue weighted by molar-refractivity contribution is -0.130. The lowest BCUT2D eigenvalue weighted by atomic mass is 10.0. The van der Waals surface area contributed by atoms with Gasteiger partial charge >= 0.3 is 0 Å². The molecule has 0 bridgehead atoms. The maximum absolute atomic E-state index is 12.4. The summed E-state index contributed by atoms with van der Waals surface area (Å²) in [6.45, 7) is 5.69. The standard InChI is InChI=1S/C18H27N3O/c1-13-11-14(2)20-18(19-13)16-9-10-21(12-16)17(22)8-7-15-5-3-4-6-15/h11,15-16H,3-10,12H2,1-2H3. The largest absolute Gasteiger partial charge is 0.342 e. The van der Waals surface area contributed by atoms with Gasteiger partial charge in [-0.05, 0) is 38.7 Å². The minimum atomic E-state index is 0.314. The molecule has 1 aliphatic carbocycles. The van der Waals surface area contributed by atoms with Crippen molar-refractivity contribution >= 4 is 5.91 Å². The number of nitrogens with zero attached hydrogens (tertiary/aromatic N) is 3. The summed E-state index contributed by atoms with van der Waals surface area (Å²) in [6, 6.07) is 2.00. The van der Waals surface area contributed by atoms with Gasteiger partial charge in [0, 0.05) is 36.8 Å². The second kappa shape index (κ2) is 6.76. The van der Waals surface area contributed by atoms with Crippen molar-refractivity contribution in [3.8, 4) is 0 Å². The number of hydrogen-bond donors (Lipinski definition) is 0. The van der Waals surface area contributed by atoms with Gasteiger partial charge in [0.25, 0.3) is 0 Å². The third-order valence-electron chi connectivity index (χ3n) is 5.15. The third-order valence-corrected chi connectivity index (χ3v) is 5.15. The molecule has 1 aromatic rings. The number of aromatic nitrogens is 2. The summed E-state index contributed by atoms with van der Waals surface area (Å²) >= 11 is 0. The maximum Gasteiger partial charge on any atom is 0.222 e. The first kappa shape index (κ1) is 15.4. The van der Waals surface area contributed by atoms with Crippen LogP contribution in [0.5, 0.6) is 0 Å². The fourth-order valence-electron chi connectivity index (χ4n) is 3.92. The predicted octanol–water partition coefficient (Wildman–Crippen LogP) is 3.38. The molecule has 1 atom stereocenters. The van der Waals surface area contributed by atoms with Crippen LogP contribution in [0.1, 0.15) is 68.1 Å². The van der Waals surface area contributed by atoms with Crippen molar-refractivity contribution in [3.05, 3.63) is 23.3 Å². The number of aryl methyl sites for hydroxylation is 2. The number of carbonyl (C=O) groups is 1. The Balaban J connectivity index is 1.53. The number of likely N-dealkylation sites (tertiary alicyclic amines) is 1. The molecule has 3 rings (SSSR count). The molecule has 0 radical (unpaired) electrons. The van der Waals surface area contributed by atoms with Crippen molar-refractivity contribution in [2.45, 2.75) is 64.7 Å². The lowest BCUT2D eigenvalue weighted by Gasteiger charge is -2.17. The highest BCUT2D eigenvalue weighted by atomic mass is 16.2. The molecule has 1 unspecified atom stereocenters. The minimum Gasteiger partial charge on any atom is -0.342 e. The normalized spacial score (nSPS) is 22.5. The molecule has 1 saturated carbocycles. The van der Waals surface area contributed by atoms with E-state index in [0.29, 0.717) is 11.8 Å². The van der Waals surface area contributed by atoms with Crippen molar-refractivity contribution in [2.75, 3.05) is 13.1 Å². The monoisotopic (exact) mass is 301 g/mol. The van der Waals surface area contributed by atoms with Crippen molar-refractivity contribution < 1.29 is 4.79 Å². The van der Waals surface area contributed by atoms with E-state index in [2.05, 4.69) is 9.97 Å². The van der Waals surface area contributed by atoms with Gasteiger partial charge in [-0.3, -0.25) is 4.79 Å². The highest BCUT2D eigenvalue weighted by molar-refractivity contribution is 5.76. The van der Waals surface area contributed by atoms with Crippen molar-refractivity contribution in [3.63, 3.8) is 0 Å². The number of carbonyl (C=O) groups excluding carboxylic acids is 1. The van der Waals surface area contributed by atoms with Crippen LogP contribution >= 0.6 is 0 Å². The molecule has 0 aromatic carbocycles. The predicted molar refractivity (Wildman–Crippen MR) is 86.6 cm³/mol. The molecule has 4 nitrogen and oxygen atoms in total. The molecule has 2 fully saturated rings. The molecule has 120 valence electrons. The first-order valence-corrected chi connectivity index (χ1v) is 8.72. The van der Waals surface area contributed by atoms with Gasteiger partial charge in [0.2, 0.25) is 5.91 Å². The first-order chi connectivity index (χ1) is 10.6. The van der Waals surface area contributed by atoms with Gasteiger partial charge in [0.1, 0.15) is 5.82 Å². The van der Waals surface area contributed by atoms with Crippen LogP contribution in [0, 0.1) is 19.8 Å². The Hall–Kier alpha value is -1.45. The highest BCUT2D eigenvalue weighted by Crippen LogP contribution is 2.30. The van der Waals surface area contributed by atoms with E-state index in [1.165, 1.54) is 25.7 Å². The summed E-state index contributed by atoms with van der Waals surface area (Å²) in [6.07, 6.45) is 8.17. The molecule has 4 heteroatoms. The van der Waals surface area contributed by atoms with E-state index >= 15 is 0 Å². The van der Waals surface area contributed by atoms with E-state index in [9.17, 15) is 4.79 Å². The highest BCUT2D eigenvalue weighted by Gasteiger charge is 2.29. The molecule has 1 amide bonds. The van der Waals surface area contributed by atoms with E-state index in [1.807, 2.05) is 24.8 Å². The quantitative estimate of drug-likeness (QED) is 0.856. The van der Waals surface area contributed by atoms with E-state index in [4.69, 9.17) is 0 Å². The van der Waals surface area contributed by atoms with Gasteiger partial charge in [-0.15, -0.1) is 0 Å². The Bertz CT molecular complexity index is 517. The van der Waals surface area contributed by atoms with Gasteiger partial charge in [0.15, 0.2) is 0 Å². The summed E-state index contributed by atoms with van der Waals surface area (Å²) in [5.74, 6) is 2.36. The summed E-state index contributed by atoms with van der Waals surface area (Å²) in [5.41, 5.74) is 2.04. The van der Waals surface area contributed by atoms with Crippen LogP contribution in [-0.4, -0.2) is 33.9 Å². The summed E-state index contributed by atoms with van der Waals surface area (Å²) < 4.78 is 0. The van der Waals surface area contributed by atoms with Crippen molar-refractivity contribution in [1.82, 2.24) is 14.9 Å². The minimum absolute atomic E-state index is 0.314. The fourth-order valence-corrected chi connectivity index (χ4v) is 3.92. The Morgan fingerprint density at radius 1 is 1.18 bits per heavy atom. The van der Waals surface area contributed by atoms with Gasteiger partial charge in [-0.25, -0.2) is 9.97 Å². The van der Waals surface area contributed by atoms with E-state index in [0.717, 1.165) is 55.5 Å². The van der Waals surface area contributed by atoms with Crippen LogP contribution in [0.25, 0.3) is 0 Å². The summed E-state index contributed by atoms with van der Waals surface area (Å²) in [7, 11) is 0. The second-order valence-corrected chi connectivity index (χ2v) is 7.02. The van der Waals surface area contributed by atoms with Crippen LogP contribution in [0.15, 0.2) is 6.07 Å². The number of amides is 1. The van der Waals surface area contributed by atoms with E-state index < -0.39 is 0 Å². The van der Waals surface area contributed by atoms with Crippen molar-refractivity contribution in [1.29, 1.82) is 0 Å². The van der Waals surface area contributed by atoms with Crippen LogP contribution < -0.4 is 0 Å². The maximum atomic E-state index is 12.4. The Morgan fingerprint density at radius 2 is 1.86 bits per heavy atom. The van der Waals surface area contributed by atoms with Gasteiger partial charge < -0.3 is 4.90 Å². The molecular weight excluding hydrogens is 274 g/mol. The van der Waals surface area contributed by atoms with Crippen LogP contribution in [-0.2, 0) is 4.79 Å². The smallest absolute Gasteiger partial charge is 0.222 e. The summed E-state index contributed by atoms with van der Waals surface area (Å²) in [4.78, 5) is 23.6. The Morgan fingerprint density at radius 3 is 2.55 bits per heavy atom. The zero-order valence-electron chi connectivity index (χ0n) is 13.8. The van der Waals surface area contributed by atoms with Crippen LogP contribution in [0.2, 0.25) is 0 Å². The molecular formula is C18H27N3O. The third kappa shape index (κ3) is 3.65. The van der Waals surface area contributed by atoms with Crippen LogP contribution in [0.4, 0.5) is 0 Å². The van der Waals surface area contributed by atoms with Gasteiger partial charge in [-0.2, -0.15) is 0 Å². The van der Waals surface area contributed by atoms with Crippen molar-refractivity contribution in [2.24, 2.45) is 5.92 Å². The van der Waals surface area contributed by atoms with E-state index in [-0.39, 0.29) is 0 Å². The molecule has 0 spiro atoms. The second-order valence-electron chi connectivity index (χ2n) is 7.02. The molecule has 1 aliphatic heterocycles.